The number of fused-ring (bicyclic) bond motifs is 1. The molecule has 0 bridgehead atoms. The Morgan fingerprint density at radius 1 is 0.971 bits per heavy atom. The monoisotopic (exact) mass is 471 g/mol. The van der Waals surface area contributed by atoms with E-state index in [9.17, 15) is 0 Å². The SMILES string of the molecule is C/C=C/COC1C(OCCc2ccccc2)c2cc(NCc3ccccc3C)ccc2OC1(C)C. The fraction of sp³-hybridized carbons (Fsp3) is 0.355. The molecule has 4 rings (SSSR count). The van der Waals surface area contributed by atoms with Crippen LogP contribution >= 0.6 is 0 Å². The molecule has 184 valence electrons. The molecule has 0 saturated carbocycles. The number of ether oxygens (including phenoxy) is 3. The Bertz CT molecular complexity index is 1120. The highest BCUT2D eigenvalue weighted by Crippen LogP contribution is 2.44. The first-order valence-corrected chi connectivity index (χ1v) is 12.5. The maximum atomic E-state index is 6.57. The average Bonchev–Trinajstić information content (AvgIpc) is 2.85. The van der Waals surface area contributed by atoms with E-state index in [2.05, 4.69) is 86.8 Å². The molecule has 0 aliphatic carbocycles. The zero-order valence-electron chi connectivity index (χ0n) is 21.3. The molecule has 0 amide bonds. The first kappa shape index (κ1) is 25.0. The van der Waals surface area contributed by atoms with Crippen molar-refractivity contribution in [2.45, 2.75) is 58.5 Å². The lowest BCUT2D eigenvalue weighted by atomic mass is 9.87. The molecule has 0 saturated heterocycles. The molecule has 1 aliphatic rings. The number of anilines is 1. The van der Waals surface area contributed by atoms with Gasteiger partial charge in [0.25, 0.3) is 0 Å². The van der Waals surface area contributed by atoms with Gasteiger partial charge in [0.1, 0.15) is 23.6 Å². The number of hydrogen-bond donors (Lipinski definition) is 1. The molecule has 0 fully saturated rings. The van der Waals surface area contributed by atoms with E-state index in [4.69, 9.17) is 14.2 Å². The summed E-state index contributed by atoms with van der Waals surface area (Å²) in [5.41, 5.74) is 5.37. The summed E-state index contributed by atoms with van der Waals surface area (Å²) in [5, 5.41) is 3.58. The Morgan fingerprint density at radius 2 is 1.74 bits per heavy atom. The van der Waals surface area contributed by atoms with E-state index in [1.54, 1.807) is 0 Å². The minimum Gasteiger partial charge on any atom is -0.485 e. The average molecular weight is 472 g/mol. The van der Waals surface area contributed by atoms with Gasteiger partial charge in [-0.05, 0) is 69.0 Å². The second-order valence-electron chi connectivity index (χ2n) is 9.59. The highest BCUT2D eigenvalue weighted by atomic mass is 16.6. The van der Waals surface area contributed by atoms with Gasteiger partial charge in [-0.15, -0.1) is 0 Å². The van der Waals surface area contributed by atoms with Gasteiger partial charge in [0.2, 0.25) is 0 Å². The normalized spacial score (nSPS) is 18.7. The third-order valence-electron chi connectivity index (χ3n) is 6.53. The van der Waals surface area contributed by atoms with Crippen LogP contribution in [-0.2, 0) is 22.4 Å². The predicted octanol–water partition coefficient (Wildman–Crippen LogP) is 7.04. The van der Waals surface area contributed by atoms with Crippen molar-refractivity contribution in [1.82, 2.24) is 0 Å². The molecule has 0 aromatic heterocycles. The van der Waals surface area contributed by atoms with Crippen molar-refractivity contribution in [3.63, 3.8) is 0 Å². The maximum absolute atomic E-state index is 6.57. The summed E-state index contributed by atoms with van der Waals surface area (Å²) in [5.74, 6) is 0.854. The number of allylic oxidation sites excluding steroid dienone is 1. The number of hydrogen-bond acceptors (Lipinski definition) is 4. The lowest BCUT2D eigenvalue weighted by molar-refractivity contribution is -0.157. The van der Waals surface area contributed by atoms with E-state index in [0.29, 0.717) is 13.2 Å². The van der Waals surface area contributed by atoms with Crippen LogP contribution in [0.2, 0.25) is 0 Å². The van der Waals surface area contributed by atoms with E-state index in [0.717, 1.165) is 30.0 Å². The standard InChI is InChI=1S/C31H37NO3/c1-5-6-19-34-30-29(33-20-18-24-13-8-7-9-14-24)27-21-26(16-17-28(27)35-31(30,3)4)32-22-25-15-11-10-12-23(25)2/h5-17,21,29-30,32H,18-20,22H2,1-4H3/b6-5+. The van der Waals surface area contributed by atoms with E-state index in [1.807, 2.05) is 31.2 Å². The summed E-state index contributed by atoms with van der Waals surface area (Å²) in [7, 11) is 0. The molecule has 0 spiro atoms. The molecule has 2 unspecified atom stereocenters. The zero-order chi connectivity index (χ0) is 24.7. The molecule has 3 aromatic carbocycles. The van der Waals surface area contributed by atoms with E-state index >= 15 is 0 Å². The summed E-state index contributed by atoms with van der Waals surface area (Å²) >= 11 is 0. The number of benzene rings is 3. The first-order valence-electron chi connectivity index (χ1n) is 12.5. The summed E-state index contributed by atoms with van der Waals surface area (Å²) in [6.45, 7) is 10.2. The van der Waals surface area contributed by atoms with E-state index in [-0.39, 0.29) is 12.2 Å². The molecule has 4 heteroatoms. The molecule has 1 aliphatic heterocycles. The lowest BCUT2D eigenvalue weighted by Gasteiger charge is -2.44. The van der Waals surface area contributed by atoms with Crippen molar-refractivity contribution in [1.29, 1.82) is 0 Å². The smallest absolute Gasteiger partial charge is 0.132 e. The molecule has 1 N–H and O–H groups in total. The summed E-state index contributed by atoms with van der Waals surface area (Å²) < 4.78 is 19.3. The van der Waals surface area contributed by atoms with Gasteiger partial charge in [0.05, 0.1) is 13.2 Å². The van der Waals surface area contributed by atoms with Gasteiger partial charge in [-0.25, -0.2) is 0 Å². The van der Waals surface area contributed by atoms with Crippen LogP contribution in [0.15, 0.2) is 84.9 Å². The largest absolute Gasteiger partial charge is 0.485 e. The molecule has 4 nitrogen and oxygen atoms in total. The van der Waals surface area contributed by atoms with Crippen molar-refractivity contribution in [2.75, 3.05) is 18.5 Å². The molecule has 0 radical (unpaired) electrons. The Hall–Kier alpha value is -3.08. The minimum absolute atomic E-state index is 0.233. The van der Waals surface area contributed by atoms with E-state index < -0.39 is 5.60 Å². The Kier molecular flexibility index (Phi) is 8.27. The molecular weight excluding hydrogens is 434 g/mol. The van der Waals surface area contributed by atoms with Crippen molar-refractivity contribution in [3.05, 3.63) is 107 Å². The summed E-state index contributed by atoms with van der Waals surface area (Å²) in [4.78, 5) is 0. The molecular formula is C31H37NO3. The van der Waals surface area contributed by atoms with Crippen molar-refractivity contribution in [3.8, 4) is 5.75 Å². The minimum atomic E-state index is -0.526. The molecule has 35 heavy (non-hydrogen) atoms. The predicted molar refractivity (Wildman–Crippen MR) is 143 cm³/mol. The van der Waals surface area contributed by atoms with Gasteiger partial charge in [0, 0.05) is 17.8 Å². The highest BCUT2D eigenvalue weighted by Gasteiger charge is 2.45. The fourth-order valence-corrected chi connectivity index (χ4v) is 4.52. The molecule has 3 aromatic rings. The summed E-state index contributed by atoms with van der Waals surface area (Å²) in [6, 6.07) is 25.2. The quantitative estimate of drug-likeness (QED) is 0.322. The molecule has 2 atom stereocenters. The summed E-state index contributed by atoms with van der Waals surface area (Å²) in [6.07, 6.45) is 4.40. The second-order valence-corrected chi connectivity index (χ2v) is 9.59. The van der Waals surface area contributed by atoms with Crippen LogP contribution in [0.4, 0.5) is 5.69 Å². The Labute approximate surface area is 209 Å². The lowest BCUT2D eigenvalue weighted by Crippen LogP contribution is -2.51. The second kappa shape index (κ2) is 11.6. The van der Waals surface area contributed by atoms with Gasteiger partial charge in [-0.1, -0.05) is 66.7 Å². The third kappa shape index (κ3) is 6.33. The Balaban J connectivity index is 1.57. The van der Waals surface area contributed by atoms with Gasteiger partial charge in [-0.3, -0.25) is 0 Å². The number of rotatable bonds is 10. The first-order chi connectivity index (χ1) is 17.0. The van der Waals surface area contributed by atoms with E-state index in [1.165, 1.54) is 16.7 Å². The van der Waals surface area contributed by atoms with Crippen LogP contribution < -0.4 is 10.1 Å². The number of aryl methyl sites for hydroxylation is 1. The van der Waals surface area contributed by atoms with Gasteiger partial charge >= 0.3 is 0 Å². The van der Waals surface area contributed by atoms with Crippen molar-refractivity contribution in [2.24, 2.45) is 0 Å². The molecule has 1 heterocycles. The maximum Gasteiger partial charge on any atom is 0.132 e. The Morgan fingerprint density at radius 3 is 2.51 bits per heavy atom. The fourth-order valence-electron chi connectivity index (χ4n) is 4.52. The van der Waals surface area contributed by atoms with Crippen LogP contribution in [0, 0.1) is 6.92 Å². The van der Waals surface area contributed by atoms with Crippen LogP contribution in [0.3, 0.4) is 0 Å². The zero-order valence-corrected chi connectivity index (χ0v) is 21.3. The van der Waals surface area contributed by atoms with Gasteiger partial charge in [0.15, 0.2) is 0 Å². The highest BCUT2D eigenvalue weighted by molar-refractivity contribution is 5.54. The van der Waals surface area contributed by atoms with Crippen LogP contribution in [0.1, 0.15) is 49.1 Å². The van der Waals surface area contributed by atoms with Crippen molar-refractivity contribution < 1.29 is 14.2 Å². The van der Waals surface area contributed by atoms with Crippen molar-refractivity contribution >= 4 is 5.69 Å². The van der Waals surface area contributed by atoms with Crippen LogP contribution in [-0.4, -0.2) is 24.9 Å². The topological polar surface area (TPSA) is 39.7 Å². The van der Waals surface area contributed by atoms with Gasteiger partial charge < -0.3 is 19.5 Å². The van der Waals surface area contributed by atoms with Crippen LogP contribution in [0.5, 0.6) is 5.75 Å². The third-order valence-corrected chi connectivity index (χ3v) is 6.53. The van der Waals surface area contributed by atoms with Gasteiger partial charge in [-0.2, -0.15) is 0 Å². The number of nitrogens with one attached hydrogen (secondary N) is 1. The van der Waals surface area contributed by atoms with Crippen LogP contribution in [0.25, 0.3) is 0 Å².